The fourth-order valence-corrected chi connectivity index (χ4v) is 5.24. The molecule has 1 aliphatic heterocycles. The minimum Gasteiger partial charge on any atom is -0.459 e. The Hall–Kier alpha value is -1.15. The number of ether oxygens (including phenoxy) is 2. The number of hydrogen-bond acceptors (Lipinski definition) is 5. The Morgan fingerprint density at radius 1 is 1.12 bits per heavy atom. The number of benzene rings is 1. The summed E-state index contributed by atoms with van der Waals surface area (Å²) in [6.07, 6.45) is 6.05. The van der Waals surface area contributed by atoms with E-state index in [9.17, 15) is 13.2 Å². The van der Waals surface area contributed by atoms with E-state index in [0.29, 0.717) is 13.2 Å². The van der Waals surface area contributed by atoms with Gasteiger partial charge >= 0.3 is 5.97 Å². The minimum atomic E-state index is -3.77. The summed E-state index contributed by atoms with van der Waals surface area (Å²) in [6, 6.07) is 4.28. The first-order chi connectivity index (χ1) is 12.5. The van der Waals surface area contributed by atoms with Crippen LogP contribution in [0.25, 0.3) is 0 Å². The third-order valence-corrected chi connectivity index (χ3v) is 7.21. The quantitative estimate of drug-likeness (QED) is 0.572. The first-order valence-corrected chi connectivity index (χ1v) is 10.9. The number of carbonyl (C=O) groups is 1. The number of esters is 1. The van der Waals surface area contributed by atoms with Crippen LogP contribution in [0, 0.1) is 0 Å². The molecule has 3 rings (SSSR count). The van der Waals surface area contributed by atoms with Crippen LogP contribution in [0.4, 0.5) is 0 Å². The van der Waals surface area contributed by atoms with Gasteiger partial charge in [-0.1, -0.05) is 24.4 Å². The van der Waals surface area contributed by atoms with Crippen molar-refractivity contribution in [1.29, 1.82) is 0 Å². The van der Waals surface area contributed by atoms with E-state index in [4.69, 9.17) is 21.1 Å². The molecule has 1 aromatic rings. The Bertz CT molecular complexity index is 738. The maximum Gasteiger partial charge on any atom is 0.338 e. The maximum atomic E-state index is 12.9. The Kier molecular flexibility index (Phi) is 6.55. The van der Waals surface area contributed by atoms with Crippen LogP contribution < -0.4 is 0 Å². The number of hydrogen-bond donors (Lipinski definition) is 0. The van der Waals surface area contributed by atoms with Gasteiger partial charge in [0.1, 0.15) is 11.0 Å². The van der Waals surface area contributed by atoms with Gasteiger partial charge in [0.15, 0.2) is 0 Å². The lowest BCUT2D eigenvalue weighted by atomic mass is 10.1. The van der Waals surface area contributed by atoms with Crippen molar-refractivity contribution in [2.45, 2.75) is 49.5 Å². The molecule has 0 N–H and O–H groups in total. The summed E-state index contributed by atoms with van der Waals surface area (Å²) in [6.45, 7) is 1.24. The summed E-state index contributed by atoms with van der Waals surface area (Å²) >= 11 is 6.13. The number of carbonyl (C=O) groups excluding carboxylic acids is 1. The second kappa shape index (κ2) is 8.69. The fraction of sp³-hybridized carbons (Fsp3) is 0.611. The Labute approximate surface area is 159 Å². The monoisotopic (exact) mass is 401 g/mol. The average Bonchev–Trinajstić information content (AvgIpc) is 2.91. The highest BCUT2D eigenvalue weighted by Crippen LogP contribution is 2.27. The lowest BCUT2D eigenvalue weighted by Gasteiger charge is -2.26. The number of halogens is 1. The van der Waals surface area contributed by atoms with Crippen LogP contribution in [-0.2, 0) is 19.5 Å². The van der Waals surface area contributed by atoms with Crippen LogP contribution >= 0.6 is 11.6 Å². The third-order valence-electron chi connectivity index (χ3n) is 4.83. The van der Waals surface area contributed by atoms with Crippen LogP contribution in [0.1, 0.15) is 48.9 Å². The molecule has 0 amide bonds. The van der Waals surface area contributed by atoms with E-state index in [2.05, 4.69) is 0 Å². The molecule has 6 nitrogen and oxygen atoms in total. The van der Waals surface area contributed by atoms with Gasteiger partial charge < -0.3 is 9.47 Å². The second-order valence-corrected chi connectivity index (χ2v) is 8.99. The van der Waals surface area contributed by atoms with Gasteiger partial charge in [0.25, 0.3) is 0 Å². The molecule has 1 aromatic carbocycles. The van der Waals surface area contributed by atoms with Crippen LogP contribution in [0.5, 0.6) is 0 Å². The maximum absolute atomic E-state index is 12.9. The molecule has 0 unspecified atom stereocenters. The summed E-state index contributed by atoms with van der Waals surface area (Å²) in [7, 11) is -3.77. The number of nitrogens with zero attached hydrogens (tertiary/aromatic N) is 1. The molecule has 2 fully saturated rings. The van der Waals surface area contributed by atoms with Crippen LogP contribution in [0.15, 0.2) is 23.1 Å². The number of rotatable bonds is 4. The molecule has 0 bridgehead atoms. The van der Waals surface area contributed by atoms with E-state index in [1.165, 1.54) is 22.5 Å². The Morgan fingerprint density at radius 3 is 2.42 bits per heavy atom. The molecule has 1 saturated carbocycles. The van der Waals surface area contributed by atoms with E-state index in [0.717, 1.165) is 38.5 Å². The van der Waals surface area contributed by atoms with E-state index in [-0.39, 0.29) is 34.7 Å². The summed E-state index contributed by atoms with van der Waals surface area (Å²) in [5, 5.41) is 0.0995. The molecule has 1 aliphatic carbocycles. The molecular weight excluding hydrogens is 378 g/mol. The third kappa shape index (κ3) is 4.57. The van der Waals surface area contributed by atoms with Crippen molar-refractivity contribution in [3.05, 3.63) is 28.8 Å². The van der Waals surface area contributed by atoms with E-state index in [1.54, 1.807) is 0 Å². The largest absolute Gasteiger partial charge is 0.459 e. The number of sulfonamides is 1. The first kappa shape index (κ1) is 19.6. The van der Waals surface area contributed by atoms with Crippen molar-refractivity contribution >= 4 is 27.6 Å². The number of morpholine rings is 1. The molecular formula is C18H24ClNO5S. The molecule has 8 heteroatoms. The second-order valence-electron chi connectivity index (χ2n) is 6.68. The molecule has 1 saturated heterocycles. The Balaban J connectivity index is 1.79. The zero-order chi connectivity index (χ0) is 18.6. The van der Waals surface area contributed by atoms with E-state index in [1.807, 2.05) is 0 Å². The molecule has 2 aliphatic rings. The van der Waals surface area contributed by atoms with Crippen LogP contribution in [0.3, 0.4) is 0 Å². The van der Waals surface area contributed by atoms with Crippen molar-refractivity contribution in [2.24, 2.45) is 0 Å². The smallest absolute Gasteiger partial charge is 0.338 e. The molecule has 0 aromatic heterocycles. The van der Waals surface area contributed by atoms with Gasteiger partial charge in [0, 0.05) is 13.1 Å². The van der Waals surface area contributed by atoms with Gasteiger partial charge in [-0.2, -0.15) is 4.31 Å². The van der Waals surface area contributed by atoms with Gasteiger partial charge in [-0.15, -0.1) is 0 Å². The van der Waals surface area contributed by atoms with Crippen molar-refractivity contribution in [2.75, 3.05) is 26.3 Å². The normalized spacial score (nSPS) is 20.5. The van der Waals surface area contributed by atoms with Crippen molar-refractivity contribution < 1.29 is 22.7 Å². The summed E-state index contributed by atoms with van der Waals surface area (Å²) in [4.78, 5) is 12.4. The lowest BCUT2D eigenvalue weighted by molar-refractivity contribution is 0.0267. The first-order valence-electron chi connectivity index (χ1n) is 9.07. The predicted molar refractivity (Wildman–Crippen MR) is 97.9 cm³/mol. The van der Waals surface area contributed by atoms with Gasteiger partial charge in [-0.25, -0.2) is 13.2 Å². The van der Waals surface area contributed by atoms with Crippen LogP contribution in [-0.4, -0.2) is 51.1 Å². The molecule has 144 valence electrons. The van der Waals surface area contributed by atoms with Crippen molar-refractivity contribution in [3.63, 3.8) is 0 Å². The highest BCUT2D eigenvalue weighted by molar-refractivity contribution is 7.89. The minimum absolute atomic E-state index is 0.0589. The topological polar surface area (TPSA) is 72.9 Å². The molecule has 1 heterocycles. The fourth-order valence-electron chi connectivity index (χ4n) is 3.33. The van der Waals surface area contributed by atoms with Gasteiger partial charge in [0.2, 0.25) is 10.0 Å². The zero-order valence-electron chi connectivity index (χ0n) is 14.7. The van der Waals surface area contributed by atoms with Gasteiger partial charge in [-0.3, -0.25) is 0 Å². The molecule has 0 radical (unpaired) electrons. The highest BCUT2D eigenvalue weighted by atomic mass is 35.5. The molecule has 0 spiro atoms. The lowest BCUT2D eigenvalue weighted by Crippen LogP contribution is -2.40. The molecule has 0 atom stereocenters. The standard InChI is InChI=1S/C18H24ClNO5S/c19-16-8-7-14(18(21)25-15-5-3-1-2-4-6-15)13-17(16)26(22,23)20-9-11-24-12-10-20/h7-8,13,15H,1-6,9-12H2. The predicted octanol–water partition coefficient (Wildman–Crippen LogP) is 3.24. The summed E-state index contributed by atoms with van der Waals surface area (Å²) < 4.78 is 37.8. The van der Waals surface area contributed by atoms with E-state index >= 15 is 0 Å². The van der Waals surface area contributed by atoms with Crippen molar-refractivity contribution in [1.82, 2.24) is 4.31 Å². The van der Waals surface area contributed by atoms with Crippen LogP contribution in [0.2, 0.25) is 5.02 Å². The highest BCUT2D eigenvalue weighted by Gasteiger charge is 2.29. The van der Waals surface area contributed by atoms with Crippen molar-refractivity contribution in [3.8, 4) is 0 Å². The summed E-state index contributed by atoms with van der Waals surface area (Å²) in [5.41, 5.74) is 0.213. The summed E-state index contributed by atoms with van der Waals surface area (Å²) in [5.74, 6) is -0.494. The Morgan fingerprint density at radius 2 is 1.77 bits per heavy atom. The zero-order valence-corrected chi connectivity index (χ0v) is 16.2. The van der Waals surface area contributed by atoms with Gasteiger partial charge in [0.05, 0.1) is 23.8 Å². The van der Waals surface area contributed by atoms with E-state index < -0.39 is 16.0 Å². The molecule has 26 heavy (non-hydrogen) atoms. The average molecular weight is 402 g/mol. The van der Waals surface area contributed by atoms with Gasteiger partial charge in [-0.05, 0) is 43.9 Å². The SMILES string of the molecule is O=C(OC1CCCCCC1)c1ccc(Cl)c(S(=O)(=O)N2CCOCC2)c1.